The van der Waals surface area contributed by atoms with Gasteiger partial charge in [0.2, 0.25) is 0 Å². The first-order valence-corrected chi connectivity index (χ1v) is 10.9. The highest BCUT2D eigenvalue weighted by Crippen LogP contribution is 2.16. The van der Waals surface area contributed by atoms with Crippen LogP contribution < -0.4 is 21.4 Å². The number of allylic oxidation sites excluding steroid dienone is 2. The van der Waals surface area contributed by atoms with Gasteiger partial charge in [-0.15, -0.1) is 11.3 Å². The Hall–Kier alpha value is -2.23. The van der Waals surface area contributed by atoms with Gasteiger partial charge < -0.3 is 20.5 Å². The maximum absolute atomic E-state index is 13.7. The van der Waals surface area contributed by atoms with Crippen LogP contribution in [0.15, 0.2) is 35.4 Å². The molecule has 0 bridgehead atoms. The molecule has 30 heavy (non-hydrogen) atoms. The van der Waals surface area contributed by atoms with Crippen molar-refractivity contribution in [3.8, 4) is 0 Å². The van der Waals surface area contributed by atoms with Gasteiger partial charge in [-0.2, -0.15) is 0 Å². The lowest BCUT2D eigenvalue weighted by Gasteiger charge is -2.32. The van der Waals surface area contributed by atoms with Crippen molar-refractivity contribution in [1.82, 2.24) is 19.8 Å². The number of rotatable bonds is 8. The third-order valence-electron chi connectivity index (χ3n) is 5.37. The standard InChI is InChI=1S/C21H27BFN5OS/c1-3-15(23)12-18-17(24)4-5-20(29)28(18)11-10-27-8-6-16(7-9-27)25-13-19-26-14(2)21(22)30-19/h3-5,12,16,25H,1,6-11,13,24H2,2H3/b15-12+. The lowest BCUT2D eigenvalue weighted by molar-refractivity contribution is 0.190. The third kappa shape index (κ3) is 5.68. The monoisotopic (exact) mass is 427 g/mol. The second-order valence-electron chi connectivity index (χ2n) is 7.45. The Morgan fingerprint density at radius 3 is 2.80 bits per heavy atom. The number of hydrogen-bond acceptors (Lipinski definition) is 6. The molecule has 3 heterocycles. The summed E-state index contributed by atoms with van der Waals surface area (Å²) in [4.78, 5) is 19.1. The zero-order valence-corrected chi connectivity index (χ0v) is 18.1. The van der Waals surface area contributed by atoms with E-state index in [0.29, 0.717) is 30.5 Å². The number of aryl methyl sites for hydroxylation is 1. The molecule has 0 spiro atoms. The Balaban J connectivity index is 1.53. The number of anilines is 1. The number of likely N-dealkylation sites (tertiary alicyclic amines) is 1. The van der Waals surface area contributed by atoms with E-state index in [4.69, 9.17) is 13.6 Å². The van der Waals surface area contributed by atoms with Crippen LogP contribution in [0.1, 0.15) is 29.2 Å². The first kappa shape index (κ1) is 22.5. The molecule has 9 heteroatoms. The predicted molar refractivity (Wildman–Crippen MR) is 123 cm³/mol. The fraction of sp³-hybridized carbons (Fsp3) is 0.429. The van der Waals surface area contributed by atoms with Gasteiger partial charge in [-0.05, 0) is 55.8 Å². The van der Waals surface area contributed by atoms with Gasteiger partial charge in [0.15, 0.2) is 0 Å². The van der Waals surface area contributed by atoms with Crippen molar-refractivity contribution in [1.29, 1.82) is 0 Å². The molecule has 0 saturated carbocycles. The Kier molecular flexibility index (Phi) is 7.63. The van der Waals surface area contributed by atoms with Crippen LogP contribution in [0, 0.1) is 6.92 Å². The summed E-state index contributed by atoms with van der Waals surface area (Å²) >= 11 is 1.53. The minimum Gasteiger partial charge on any atom is -0.397 e. The molecule has 1 fully saturated rings. The average molecular weight is 427 g/mol. The number of hydrogen-bond donors (Lipinski definition) is 2. The maximum atomic E-state index is 13.7. The van der Waals surface area contributed by atoms with Crippen molar-refractivity contribution in [3.63, 3.8) is 0 Å². The largest absolute Gasteiger partial charge is 0.397 e. The van der Waals surface area contributed by atoms with Gasteiger partial charge in [0.05, 0.1) is 11.4 Å². The van der Waals surface area contributed by atoms with Crippen LogP contribution in [-0.2, 0) is 13.1 Å². The fourth-order valence-corrected chi connectivity index (χ4v) is 4.35. The molecule has 0 atom stereocenters. The predicted octanol–water partition coefficient (Wildman–Crippen LogP) is 1.74. The van der Waals surface area contributed by atoms with Crippen LogP contribution >= 0.6 is 11.3 Å². The van der Waals surface area contributed by atoms with Gasteiger partial charge in [-0.25, -0.2) is 9.37 Å². The highest BCUT2D eigenvalue weighted by molar-refractivity contribution is 7.19. The number of nitrogens with one attached hydrogen (secondary N) is 1. The van der Waals surface area contributed by atoms with E-state index in [-0.39, 0.29) is 5.56 Å². The second-order valence-corrected chi connectivity index (χ2v) is 8.57. The molecule has 1 aliphatic heterocycles. The molecule has 0 aliphatic carbocycles. The number of nitrogens with zero attached hydrogens (tertiary/aromatic N) is 3. The summed E-state index contributed by atoms with van der Waals surface area (Å²) in [5.41, 5.74) is 7.43. The lowest BCUT2D eigenvalue weighted by atomic mass is 10.1. The topological polar surface area (TPSA) is 76.2 Å². The number of thiazole rings is 1. The van der Waals surface area contributed by atoms with Crippen molar-refractivity contribution >= 4 is 35.7 Å². The molecular formula is C21H27BFN5OS. The van der Waals surface area contributed by atoms with Crippen molar-refractivity contribution in [2.24, 2.45) is 0 Å². The van der Waals surface area contributed by atoms with Crippen molar-refractivity contribution < 1.29 is 4.39 Å². The van der Waals surface area contributed by atoms with E-state index in [1.54, 1.807) is 0 Å². The molecule has 2 aromatic rings. The lowest BCUT2D eigenvalue weighted by Crippen LogP contribution is -2.43. The second kappa shape index (κ2) is 10.2. The summed E-state index contributed by atoms with van der Waals surface area (Å²) in [7, 11) is 5.87. The van der Waals surface area contributed by atoms with Crippen molar-refractivity contribution in [2.75, 3.05) is 25.4 Å². The average Bonchev–Trinajstić information content (AvgIpc) is 3.06. The van der Waals surface area contributed by atoms with Gasteiger partial charge in [-0.1, -0.05) is 6.58 Å². The summed E-state index contributed by atoms with van der Waals surface area (Å²) in [5, 5.41) is 4.58. The zero-order valence-electron chi connectivity index (χ0n) is 17.2. The Morgan fingerprint density at radius 2 is 2.17 bits per heavy atom. The maximum Gasteiger partial charge on any atom is 0.251 e. The van der Waals surface area contributed by atoms with Crippen molar-refractivity contribution in [3.05, 3.63) is 57.4 Å². The van der Waals surface area contributed by atoms with Crippen LogP contribution in [0.25, 0.3) is 6.08 Å². The van der Waals surface area contributed by atoms with E-state index >= 15 is 0 Å². The number of halogens is 1. The molecule has 3 N–H and O–H groups in total. The summed E-state index contributed by atoms with van der Waals surface area (Å²) in [6.45, 7) is 9.08. The molecule has 158 valence electrons. The molecule has 1 aliphatic rings. The molecular weight excluding hydrogens is 400 g/mol. The fourth-order valence-electron chi connectivity index (χ4n) is 3.57. The van der Waals surface area contributed by atoms with Gasteiger partial charge in [0.1, 0.15) is 18.7 Å². The van der Waals surface area contributed by atoms with Gasteiger partial charge in [0.25, 0.3) is 5.56 Å². The summed E-state index contributed by atoms with van der Waals surface area (Å²) < 4.78 is 16.0. The first-order valence-electron chi connectivity index (χ1n) is 10.0. The minimum absolute atomic E-state index is 0.193. The number of nitrogens with two attached hydrogens (primary N) is 1. The van der Waals surface area contributed by atoms with Gasteiger partial charge in [0, 0.05) is 37.4 Å². The molecule has 6 nitrogen and oxygen atoms in total. The Morgan fingerprint density at radius 1 is 1.43 bits per heavy atom. The van der Waals surface area contributed by atoms with E-state index in [2.05, 4.69) is 21.8 Å². The highest BCUT2D eigenvalue weighted by atomic mass is 32.1. The highest BCUT2D eigenvalue weighted by Gasteiger charge is 2.19. The quantitative estimate of drug-likeness (QED) is 0.496. The molecule has 3 rings (SSSR count). The van der Waals surface area contributed by atoms with Crippen LogP contribution in [0.5, 0.6) is 0 Å². The summed E-state index contributed by atoms with van der Waals surface area (Å²) in [6, 6.07) is 3.36. The number of pyridine rings is 1. The molecule has 0 amide bonds. The number of piperidine rings is 1. The molecule has 2 aromatic heterocycles. The van der Waals surface area contributed by atoms with Crippen LogP contribution in [0.4, 0.5) is 10.1 Å². The smallest absolute Gasteiger partial charge is 0.251 e. The number of nitrogen functional groups attached to an aromatic ring is 1. The third-order valence-corrected chi connectivity index (χ3v) is 6.36. The van der Waals surface area contributed by atoms with E-state index in [9.17, 15) is 9.18 Å². The zero-order chi connectivity index (χ0) is 21.7. The van der Waals surface area contributed by atoms with E-state index in [1.165, 1.54) is 34.1 Å². The van der Waals surface area contributed by atoms with Crippen LogP contribution in [-0.4, -0.2) is 48.0 Å². The first-order chi connectivity index (χ1) is 14.4. The van der Waals surface area contributed by atoms with E-state index in [1.807, 2.05) is 6.92 Å². The number of aromatic nitrogens is 2. The normalized spacial score (nSPS) is 16.1. The van der Waals surface area contributed by atoms with Gasteiger partial charge >= 0.3 is 0 Å². The van der Waals surface area contributed by atoms with E-state index in [0.717, 1.165) is 54.0 Å². The molecule has 2 radical (unpaired) electrons. The van der Waals surface area contributed by atoms with Crippen molar-refractivity contribution in [2.45, 2.75) is 38.9 Å². The summed E-state index contributed by atoms with van der Waals surface area (Å²) in [5.74, 6) is -0.523. The minimum atomic E-state index is -0.523. The van der Waals surface area contributed by atoms with E-state index < -0.39 is 5.83 Å². The Bertz CT molecular complexity index is 959. The van der Waals surface area contributed by atoms with Crippen LogP contribution in [0.3, 0.4) is 0 Å². The molecule has 0 aromatic carbocycles. The van der Waals surface area contributed by atoms with Crippen LogP contribution in [0.2, 0.25) is 0 Å². The molecule has 1 saturated heterocycles. The van der Waals surface area contributed by atoms with Gasteiger partial charge in [-0.3, -0.25) is 4.79 Å². The summed E-state index contributed by atoms with van der Waals surface area (Å²) in [6.07, 6.45) is 4.39. The Labute approximate surface area is 181 Å². The molecule has 0 unspecified atom stereocenters. The SMILES string of the molecule is [B]c1sc(CNC2CCN(CCn3c(/C=C(/F)C=C)c(N)ccc3=O)CC2)nc1C.